The van der Waals surface area contributed by atoms with Gasteiger partial charge in [-0.25, -0.2) is 4.98 Å². The number of aryl methyl sites for hydroxylation is 1. The number of ether oxygens (including phenoxy) is 1. The van der Waals surface area contributed by atoms with E-state index in [1.54, 1.807) is 0 Å². The van der Waals surface area contributed by atoms with Gasteiger partial charge in [0.15, 0.2) is 0 Å². The molecule has 3 nitrogen and oxygen atoms in total. The average molecular weight is 326 g/mol. The third-order valence-electron chi connectivity index (χ3n) is 4.16. The number of nitrogens with zero attached hydrogens (tertiary/aromatic N) is 2. The molecule has 0 aliphatic heterocycles. The van der Waals surface area contributed by atoms with Gasteiger partial charge in [0.05, 0.1) is 0 Å². The molecule has 0 aliphatic rings. The molecule has 122 valence electrons. The maximum absolute atomic E-state index is 6.09. The van der Waals surface area contributed by atoms with E-state index in [4.69, 9.17) is 9.72 Å². The highest BCUT2D eigenvalue weighted by Gasteiger charge is 2.12. The normalized spacial score (nSPS) is 10.8. The second-order valence-corrected chi connectivity index (χ2v) is 5.98. The van der Waals surface area contributed by atoms with E-state index in [2.05, 4.69) is 29.2 Å². The van der Waals surface area contributed by atoms with E-state index in [-0.39, 0.29) is 0 Å². The van der Waals surface area contributed by atoms with Crippen LogP contribution in [0, 0.1) is 6.92 Å². The largest absolute Gasteiger partial charge is 0.487 e. The lowest BCUT2D eigenvalue weighted by Crippen LogP contribution is -1.99. The van der Waals surface area contributed by atoms with Crippen LogP contribution in [0.2, 0.25) is 0 Å². The minimum absolute atomic E-state index is 0.511. The van der Waals surface area contributed by atoms with Crippen LogP contribution >= 0.6 is 0 Å². The quantitative estimate of drug-likeness (QED) is 0.518. The van der Waals surface area contributed by atoms with Gasteiger partial charge in [-0.05, 0) is 30.0 Å². The Labute approximate surface area is 147 Å². The minimum atomic E-state index is 0.511. The van der Waals surface area contributed by atoms with Crippen LogP contribution in [0.15, 0.2) is 79.1 Å². The van der Waals surface area contributed by atoms with E-state index in [0.29, 0.717) is 6.61 Å². The molecule has 0 saturated carbocycles. The van der Waals surface area contributed by atoms with Crippen molar-refractivity contribution in [2.24, 2.45) is 0 Å². The number of hydrogen-bond donors (Lipinski definition) is 0. The van der Waals surface area contributed by atoms with E-state index in [1.807, 2.05) is 61.8 Å². The molecule has 3 heteroatoms. The molecule has 0 fully saturated rings. The lowest BCUT2D eigenvalue weighted by atomic mass is 10.0. The van der Waals surface area contributed by atoms with Gasteiger partial charge in [-0.15, -0.1) is 0 Å². The van der Waals surface area contributed by atoms with Gasteiger partial charge in [0.25, 0.3) is 0 Å². The fourth-order valence-electron chi connectivity index (χ4n) is 2.89. The molecule has 0 bridgehead atoms. The fraction of sp³-hybridized carbons (Fsp3) is 0.0909. The molecule has 2 heterocycles. The first kappa shape index (κ1) is 15.3. The summed E-state index contributed by atoms with van der Waals surface area (Å²) >= 11 is 0. The zero-order valence-electron chi connectivity index (χ0n) is 14.0. The first-order valence-electron chi connectivity index (χ1n) is 8.29. The molecule has 4 rings (SSSR count). The molecule has 2 aromatic heterocycles. The van der Waals surface area contributed by atoms with Gasteiger partial charge in [-0.2, -0.15) is 0 Å². The standard InChI is InChI=1S/C22H18N2O/c1-16-11-12-21(25-15-17-7-3-2-4-8-17)22(24-16)20-14-23-13-18-9-5-6-10-19(18)20/h2-14H,15H2,1H3. The fourth-order valence-corrected chi connectivity index (χ4v) is 2.89. The van der Waals surface area contributed by atoms with Crippen LogP contribution < -0.4 is 4.74 Å². The smallest absolute Gasteiger partial charge is 0.146 e. The minimum Gasteiger partial charge on any atom is -0.487 e. The molecule has 0 spiro atoms. The van der Waals surface area contributed by atoms with Crippen molar-refractivity contribution in [1.82, 2.24) is 9.97 Å². The van der Waals surface area contributed by atoms with Gasteiger partial charge in [0.1, 0.15) is 18.1 Å². The summed E-state index contributed by atoms with van der Waals surface area (Å²) in [4.78, 5) is 9.12. The summed E-state index contributed by atoms with van der Waals surface area (Å²) in [7, 11) is 0. The van der Waals surface area contributed by atoms with Gasteiger partial charge in [0, 0.05) is 29.0 Å². The van der Waals surface area contributed by atoms with Gasteiger partial charge in [-0.3, -0.25) is 4.98 Å². The van der Waals surface area contributed by atoms with E-state index in [9.17, 15) is 0 Å². The second-order valence-electron chi connectivity index (χ2n) is 5.98. The highest BCUT2D eigenvalue weighted by atomic mass is 16.5. The average Bonchev–Trinajstić information content (AvgIpc) is 2.67. The number of benzene rings is 2. The van der Waals surface area contributed by atoms with Crippen molar-refractivity contribution >= 4 is 10.8 Å². The zero-order chi connectivity index (χ0) is 17.1. The number of hydrogen-bond acceptors (Lipinski definition) is 3. The molecule has 4 aromatic rings. The highest BCUT2D eigenvalue weighted by molar-refractivity contribution is 5.96. The van der Waals surface area contributed by atoms with Crippen LogP contribution in [-0.4, -0.2) is 9.97 Å². The highest BCUT2D eigenvalue weighted by Crippen LogP contribution is 2.33. The maximum Gasteiger partial charge on any atom is 0.146 e. The van der Waals surface area contributed by atoms with Crippen LogP contribution in [-0.2, 0) is 6.61 Å². The lowest BCUT2D eigenvalue weighted by molar-refractivity contribution is 0.306. The predicted molar refractivity (Wildman–Crippen MR) is 100 cm³/mol. The van der Waals surface area contributed by atoms with Crippen molar-refractivity contribution in [1.29, 1.82) is 0 Å². The Hall–Kier alpha value is -3.20. The molecule has 0 amide bonds. The maximum atomic E-state index is 6.09. The third-order valence-corrected chi connectivity index (χ3v) is 4.16. The van der Waals surface area contributed by atoms with Crippen molar-refractivity contribution in [3.63, 3.8) is 0 Å². The third kappa shape index (κ3) is 3.22. The number of pyridine rings is 2. The predicted octanol–water partition coefficient (Wildman–Crippen LogP) is 5.18. The SMILES string of the molecule is Cc1ccc(OCc2ccccc2)c(-c2cncc3ccccc23)n1. The molecular formula is C22H18N2O. The molecular weight excluding hydrogens is 308 g/mol. The lowest BCUT2D eigenvalue weighted by Gasteiger charge is -2.13. The van der Waals surface area contributed by atoms with Crippen molar-refractivity contribution < 1.29 is 4.74 Å². The van der Waals surface area contributed by atoms with Gasteiger partial charge >= 0.3 is 0 Å². The molecule has 0 radical (unpaired) electrons. The van der Waals surface area contributed by atoms with Gasteiger partial charge in [0.2, 0.25) is 0 Å². The first-order chi connectivity index (χ1) is 12.3. The Kier molecular flexibility index (Phi) is 4.13. The molecule has 25 heavy (non-hydrogen) atoms. The van der Waals surface area contributed by atoms with Gasteiger partial charge in [-0.1, -0.05) is 54.6 Å². The topological polar surface area (TPSA) is 35.0 Å². The molecule has 2 aromatic carbocycles. The summed E-state index contributed by atoms with van der Waals surface area (Å²) in [5, 5.41) is 2.22. The van der Waals surface area contributed by atoms with Crippen molar-refractivity contribution in [2.45, 2.75) is 13.5 Å². The first-order valence-corrected chi connectivity index (χ1v) is 8.29. The zero-order valence-corrected chi connectivity index (χ0v) is 14.0. The van der Waals surface area contributed by atoms with Crippen LogP contribution in [0.4, 0.5) is 0 Å². The Balaban J connectivity index is 1.77. The van der Waals surface area contributed by atoms with E-state index < -0.39 is 0 Å². The number of rotatable bonds is 4. The second kappa shape index (κ2) is 6.73. The van der Waals surface area contributed by atoms with E-state index >= 15 is 0 Å². The van der Waals surface area contributed by atoms with Gasteiger partial charge < -0.3 is 4.74 Å². The Bertz CT molecular complexity index is 1010. The number of fused-ring (bicyclic) bond motifs is 1. The Morgan fingerprint density at radius 2 is 1.64 bits per heavy atom. The number of aromatic nitrogens is 2. The molecule has 0 aliphatic carbocycles. The molecule has 0 unspecified atom stereocenters. The van der Waals surface area contributed by atoms with E-state index in [1.165, 1.54) is 0 Å². The summed E-state index contributed by atoms with van der Waals surface area (Å²) in [5.41, 5.74) is 3.91. The van der Waals surface area contributed by atoms with Crippen LogP contribution in [0.3, 0.4) is 0 Å². The van der Waals surface area contributed by atoms with Crippen molar-refractivity contribution in [3.05, 3.63) is 90.4 Å². The van der Waals surface area contributed by atoms with Crippen LogP contribution in [0.1, 0.15) is 11.3 Å². The van der Waals surface area contributed by atoms with E-state index in [0.717, 1.165) is 39.0 Å². The summed E-state index contributed by atoms with van der Waals surface area (Å²) in [5.74, 6) is 0.771. The van der Waals surface area contributed by atoms with Crippen molar-refractivity contribution in [2.75, 3.05) is 0 Å². The molecule has 0 saturated heterocycles. The summed E-state index contributed by atoms with van der Waals surface area (Å²) in [6.45, 7) is 2.50. The Morgan fingerprint density at radius 1 is 0.840 bits per heavy atom. The van der Waals surface area contributed by atoms with Crippen LogP contribution in [0.25, 0.3) is 22.0 Å². The monoisotopic (exact) mass is 326 g/mol. The molecule has 0 atom stereocenters. The summed E-state index contributed by atoms with van der Waals surface area (Å²) in [6.07, 6.45) is 3.73. The summed E-state index contributed by atoms with van der Waals surface area (Å²) in [6, 6.07) is 22.3. The molecule has 0 N–H and O–H groups in total. The Morgan fingerprint density at radius 3 is 2.52 bits per heavy atom. The van der Waals surface area contributed by atoms with Crippen molar-refractivity contribution in [3.8, 4) is 17.0 Å². The van der Waals surface area contributed by atoms with Crippen LogP contribution in [0.5, 0.6) is 5.75 Å². The summed E-state index contributed by atoms with van der Waals surface area (Å²) < 4.78 is 6.09.